The molecule has 2 rings (SSSR count). The SMILES string of the molecule is COC(=O)c1ccc(C)c(NC(=O)NCC(c2cccs2)N(C)C)c1. The van der Waals surface area contributed by atoms with Crippen LogP contribution in [0.5, 0.6) is 0 Å². The normalized spacial score (nSPS) is 11.9. The van der Waals surface area contributed by atoms with Crippen LogP contribution in [0.25, 0.3) is 0 Å². The summed E-state index contributed by atoms with van der Waals surface area (Å²) in [6.07, 6.45) is 0. The lowest BCUT2D eigenvalue weighted by atomic mass is 10.1. The van der Waals surface area contributed by atoms with Crippen molar-refractivity contribution >= 4 is 29.0 Å². The number of esters is 1. The molecule has 1 heterocycles. The molecule has 1 unspecified atom stereocenters. The predicted octanol–water partition coefficient (Wildman–Crippen LogP) is 3.27. The summed E-state index contributed by atoms with van der Waals surface area (Å²) < 4.78 is 4.71. The number of benzene rings is 1. The van der Waals surface area contributed by atoms with Gasteiger partial charge in [-0.15, -0.1) is 11.3 Å². The number of methoxy groups -OCH3 is 1. The van der Waals surface area contributed by atoms with Crippen LogP contribution in [0.1, 0.15) is 26.8 Å². The largest absolute Gasteiger partial charge is 0.465 e. The van der Waals surface area contributed by atoms with E-state index in [-0.39, 0.29) is 12.1 Å². The Labute approximate surface area is 151 Å². The average Bonchev–Trinajstić information content (AvgIpc) is 3.10. The number of ether oxygens (including phenoxy) is 1. The number of aryl methyl sites for hydroxylation is 1. The number of anilines is 1. The van der Waals surface area contributed by atoms with E-state index in [1.165, 1.54) is 12.0 Å². The summed E-state index contributed by atoms with van der Waals surface area (Å²) in [4.78, 5) is 27.1. The molecule has 0 saturated heterocycles. The van der Waals surface area contributed by atoms with Gasteiger partial charge in [0.1, 0.15) is 0 Å². The molecule has 2 aromatic rings. The Hall–Kier alpha value is -2.38. The van der Waals surface area contributed by atoms with Gasteiger partial charge in [0.15, 0.2) is 0 Å². The lowest BCUT2D eigenvalue weighted by molar-refractivity contribution is 0.0600. The third-order valence-electron chi connectivity index (χ3n) is 3.86. The first-order valence-corrected chi connectivity index (χ1v) is 8.74. The molecule has 0 bridgehead atoms. The number of carbonyl (C=O) groups is 2. The molecule has 0 saturated carbocycles. The maximum atomic E-state index is 12.3. The topological polar surface area (TPSA) is 70.7 Å². The summed E-state index contributed by atoms with van der Waals surface area (Å²) in [5.41, 5.74) is 1.84. The highest BCUT2D eigenvalue weighted by Gasteiger charge is 2.17. The predicted molar refractivity (Wildman–Crippen MR) is 100 cm³/mol. The van der Waals surface area contributed by atoms with E-state index < -0.39 is 5.97 Å². The summed E-state index contributed by atoms with van der Waals surface area (Å²) in [5, 5.41) is 7.71. The second-order valence-corrected chi connectivity index (χ2v) is 6.83. The zero-order valence-electron chi connectivity index (χ0n) is 14.8. The van der Waals surface area contributed by atoms with Gasteiger partial charge in [-0.3, -0.25) is 0 Å². The van der Waals surface area contributed by atoms with Gasteiger partial charge in [-0.05, 0) is 50.2 Å². The quantitative estimate of drug-likeness (QED) is 0.775. The van der Waals surface area contributed by atoms with Crippen molar-refractivity contribution < 1.29 is 14.3 Å². The van der Waals surface area contributed by atoms with Crippen LogP contribution in [0.15, 0.2) is 35.7 Å². The third-order valence-corrected chi connectivity index (χ3v) is 4.83. The van der Waals surface area contributed by atoms with Crippen molar-refractivity contribution in [3.05, 3.63) is 51.7 Å². The molecule has 0 fully saturated rings. The van der Waals surface area contributed by atoms with Gasteiger partial charge in [-0.1, -0.05) is 12.1 Å². The number of rotatable bonds is 6. The summed E-state index contributed by atoms with van der Waals surface area (Å²) in [7, 11) is 5.29. The number of hydrogen-bond donors (Lipinski definition) is 2. The van der Waals surface area contributed by atoms with Gasteiger partial charge in [-0.25, -0.2) is 9.59 Å². The number of likely N-dealkylation sites (N-methyl/N-ethyl adjacent to an activating group) is 1. The van der Waals surface area contributed by atoms with Gasteiger partial charge < -0.3 is 20.3 Å². The Bertz CT molecular complexity index is 729. The molecule has 2 N–H and O–H groups in total. The minimum atomic E-state index is -0.436. The van der Waals surface area contributed by atoms with Crippen LogP contribution in [0.2, 0.25) is 0 Å². The molecule has 25 heavy (non-hydrogen) atoms. The Morgan fingerprint density at radius 1 is 1.28 bits per heavy atom. The molecule has 2 amide bonds. The van der Waals surface area contributed by atoms with Crippen molar-refractivity contribution in [1.29, 1.82) is 0 Å². The fraction of sp³-hybridized carbons (Fsp3) is 0.333. The second-order valence-electron chi connectivity index (χ2n) is 5.85. The van der Waals surface area contributed by atoms with E-state index in [1.807, 2.05) is 32.5 Å². The van der Waals surface area contributed by atoms with Crippen molar-refractivity contribution in [3.63, 3.8) is 0 Å². The highest BCUT2D eigenvalue weighted by atomic mass is 32.1. The number of urea groups is 1. The fourth-order valence-corrected chi connectivity index (χ4v) is 3.30. The Morgan fingerprint density at radius 3 is 2.64 bits per heavy atom. The average molecular weight is 361 g/mol. The number of nitrogens with one attached hydrogen (secondary N) is 2. The van der Waals surface area contributed by atoms with Crippen LogP contribution in [0.3, 0.4) is 0 Å². The minimum absolute atomic E-state index is 0.105. The zero-order valence-corrected chi connectivity index (χ0v) is 15.6. The smallest absolute Gasteiger partial charge is 0.337 e. The highest BCUT2D eigenvalue weighted by Crippen LogP contribution is 2.22. The third kappa shape index (κ3) is 5.04. The zero-order chi connectivity index (χ0) is 18.4. The van der Waals surface area contributed by atoms with Crippen molar-refractivity contribution in [2.24, 2.45) is 0 Å². The van der Waals surface area contributed by atoms with E-state index in [0.717, 1.165) is 5.56 Å². The molecule has 1 aromatic heterocycles. The molecule has 0 aliphatic heterocycles. The van der Waals surface area contributed by atoms with E-state index in [2.05, 4.69) is 21.6 Å². The second kappa shape index (κ2) is 8.64. The summed E-state index contributed by atoms with van der Waals surface area (Å²) >= 11 is 1.66. The highest BCUT2D eigenvalue weighted by molar-refractivity contribution is 7.10. The van der Waals surface area contributed by atoms with E-state index in [4.69, 9.17) is 4.74 Å². The van der Waals surface area contributed by atoms with Gasteiger partial charge in [0.2, 0.25) is 0 Å². The van der Waals surface area contributed by atoms with Crippen LogP contribution in [0, 0.1) is 6.92 Å². The van der Waals surface area contributed by atoms with Crippen molar-refractivity contribution in [3.8, 4) is 0 Å². The first kappa shape index (κ1) is 19.0. The molecule has 1 aromatic carbocycles. The van der Waals surface area contributed by atoms with E-state index in [9.17, 15) is 9.59 Å². The van der Waals surface area contributed by atoms with Gasteiger partial charge in [0.25, 0.3) is 0 Å². The number of hydrogen-bond acceptors (Lipinski definition) is 5. The standard InChI is InChI=1S/C18H23N3O3S/c1-12-7-8-13(17(22)24-4)10-14(12)20-18(23)19-11-15(21(2)3)16-6-5-9-25-16/h5-10,15H,11H2,1-4H3,(H2,19,20,23). The van der Waals surface area contributed by atoms with Crippen LogP contribution in [0.4, 0.5) is 10.5 Å². The molecular formula is C18H23N3O3S. The van der Waals surface area contributed by atoms with E-state index >= 15 is 0 Å². The number of amides is 2. The first-order valence-electron chi connectivity index (χ1n) is 7.86. The Kier molecular flexibility index (Phi) is 6.55. The molecule has 0 spiro atoms. The first-order chi connectivity index (χ1) is 11.9. The molecule has 7 heteroatoms. The molecule has 0 aliphatic carbocycles. The maximum absolute atomic E-state index is 12.3. The monoisotopic (exact) mass is 361 g/mol. The molecular weight excluding hydrogens is 338 g/mol. The van der Waals surface area contributed by atoms with E-state index in [1.54, 1.807) is 29.5 Å². The lowest BCUT2D eigenvalue weighted by Crippen LogP contribution is -2.36. The maximum Gasteiger partial charge on any atom is 0.337 e. The van der Waals surface area contributed by atoms with Crippen LogP contribution < -0.4 is 10.6 Å². The summed E-state index contributed by atoms with van der Waals surface area (Å²) in [6, 6.07) is 8.90. The fourth-order valence-electron chi connectivity index (χ4n) is 2.38. The van der Waals surface area contributed by atoms with Crippen LogP contribution >= 0.6 is 11.3 Å². The van der Waals surface area contributed by atoms with Gasteiger partial charge in [0.05, 0.1) is 18.7 Å². The van der Waals surface area contributed by atoms with Crippen molar-refractivity contribution in [1.82, 2.24) is 10.2 Å². The van der Waals surface area contributed by atoms with Crippen LogP contribution in [-0.2, 0) is 4.74 Å². The summed E-state index contributed by atoms with van der Waals surface area (Å²) in [5.74, 6) is -0.436. The molecule has 134 valence electrons. The number of carbonyl (C=O) groups excluding carboxylic acids is 2. The van der Waals surface area contributed by atoms with Gasteiger partial charge >= 0.3 is 12.0 Å². The molecule has 0 aliphatic rings. The molecule has 6 nitrogen and oxygen atoms in total. The minimum Gasteiger partial charge on any atom is -0.465 e. The molecule has 0 radical (unpaired) electrons. The molecule has 1 atom stereocenters. The van der Waals surface area contributed by atoms with Gasteiger partial charge in [0, 0.05) is 17.1 Å². The Morgan fingerprint density at radius 2 is 2.04 bits per heavy atom. The van der Waals surface area contributed by atoms with Gasteiger partial charge in [-0.2, -0.15) is 0 Å². The number of nitrogens with zero attached hydrogens (tertiary/aromatic N) is 1. The Balaban J connectivity index is 2.01. The lowest BCUT2D eigenvalue weighted by Gasteiger charge is -2.23. The van der Waals surface area contributed by atoms with Crippen molar-refractivity contribution in [2.45, 2.75) is 13.0 Å². The van der Waals surface area contributed by atoms with E-state index in [0.29, 0.717) is 17.8 Å². The number of thiophene rings is 1. The van der Waals surface area contributed by atoms with Crippen LogP contribution in [-0.4, -0.2) is 44.7 Å². The van der Waals surface area contributed by atoms with Crippen molar-refractivity contribution in [2.75, 3.05) is 33.1 Å². The summed E-state index contributed by atoms with van der Waals surface area (Å²) in [6.45, 7) is 2.35.